The standard InChI is InChI=1S/C19H38N2/c1-4-7-17-9-10-19(20-5-2)18(14-17)15-21-12-6-8-16(3)11-13-21/h16-20H,4-15H2,1-3H3. The van der Waals surface area contributed by atoms with Crippen molar-refractivity contribution in [1.82, 2.24) is 10.2 Å². The summed E-state index contributed by atoms with van der Waals surface area (Å²) >= 11 is 0. The van der Waals surface area contributed by atoms with Gasteiger partial charge in [-0.3, -0.25) is 0 Å². The summed E-state index contributed by atoms with van der Waals surface area (Å²) < 4.78 is 0. The third kappa shape index (κ3) is 5.56. The Morgan fingerprint density at radius 3 is 2.67 bits per heavy atom. The summed E-state index contributed by atoms with van der Waals surface area (Å²) in [5.74, 6) is 2.84. The van der Waals surface area contributed by atoms with Crippen molar-refractivity contribution in [3.05, 3.63) is 0 Å². The molecule has 4 unspecified atom stereocenters. The maximum atomic E-state index is 3.78. The maximum absolute atomic E-state index is 3.78. The molecule has 1 saturated carbocycles. The van der Waals surface area contributed by atoms with Crippen molar-refractivity contribution >= 4 is 0 Å². The zero-order valence-electron chi connectivity index (χ0n) is 14.7. The lowest BCUT2D eigenvalue weighted by Gasteiger charge is -2.39. The van der Waals surface area contributed by atoms with Gasteiger partial charge in [0.05, 0.1) is 0 Å². The molecule has 0 amide bonds. The molecule has 1 aliphatic carbocycles. The highest BCUT2D eigenvalue weighted by molar-refractivity contribution is 4.87. The highest BCUT2D eigenvalue weighted by Gasteiger charge is 2.31. The Balaban J connectivity index is 1.88. The molecule has 0 spiro atoms. The fourth-order valence-electron chi connectivity index (χ4n) is 4.60. The van der Waals surface area contributed by atoms with Crippen LogP contribution in [0.2, 0.25) is 0 Å². The zero-order chi connectivity index (χ0) is 15.1. The molecule has 4 atom stereocenters. The molecule has 2 nitrogen and oxygen atoms in total. The van der Waals surface area contributed by atoms with Crippen LogP contribution in [0.15, 0.2) is 0 Å². The van der Waals surface area contributed by atoms with Crippen molar-refractivity contribution in [3.8, 4) is 0 Å². The second-order valence-corrected chi connectivity index (χ2v) is 7.73. The molecule has 2 aliphatic rings. The van der Waals surface area contributed by atoms with Gasteiger partial charge in [-0.25, -0.2) is 0 Å². The molecule has 0 bridgehead atoms. The molecule has 21 heavy (non-hydrogen) atoms. The van der Waals surface area contributed by atoms with Crippen LogP contribution in [0, 0.1) is 17.8 Å². The smallest absolute Gasteiger partial charge is 0.0108 e. The minimum atomic E-state index is 0.781. The Morgan fingerprint density at radius 2 is 1.90 bits per heavy atom. The van der Waals surface area contributed by atoms with Gasteiger partial charge in [0.15, 0.2) is 0 Å². The van der Waals surface area contributed by atoms with E-state index in [1.807, 2.05) is 0 Å². The predicted octanol–water partition coefficient (Wildman–Crippen LogP) is 4.30. The predicted molar refractivity (Wildman–Crippen MR) is 92.7 cm³/mol. The average Bonchev–Trinajstić information content (AvgIpc) is 2.67. The van der Waals surface area contributed by atoms with Crippen molar-refractivity contribution < 1.29 is 0 Å². The van der Waals surface area contributed by atoms with Gasteiger partial charge >= 0.3 is 0 Å². The van der Waals surface area contributed by atoms with Gasteiger partial charge in [0.25, 0.3) is 0 Å². The fourth-order valence-corrected chi connectivity index (χ4v) is 4.60. The van der Waals surface area contributed by atoms with Gasteiger partial charge in [0.1, 0.15) is 0 Å². The van der Waals surface area contributed by atoms with E-state index >= 15 is 0 Å². The van der Waals surface area contributed by atoms with E-state index in [1.54, 1.807) is 0 Å². The van der Waals surface area contributed by atoms with Gasteiger partial charge < -0.3 is 10.2 Å². The first-order chi connectivity index (χ1) is 10.2. The highest BCUT2D eigenvalue weighted by Crippen LogP contribution is 2.33. The average molecular weight is 295 g/mol. The van der Waals surface area contributed by atoms with Crippen LogP contribution in [-0.2, 0) is 0 Å². The summed E-state index contributed by atoms with van der Waals surface area (Å²) in [6.45, 7) is 12.2. The molecular formula is C19H38N2. The summed E-state index contributed by atoms with van der Waals surface area (Å²) in [5.41, 5.74) is 0. The summed E-state index contributed by atoms with van der Waals surface area (Å²) in [7, 11) is 0. The minimum absolute atomic E-state index is 0.781. The molecule has 0 aromatic heterocycles. The van der Waals surface area contributed by atoms with Crippen molar-refractivity contribution in [2.75, 3.05) is 26.2 Å². The molecule has 2 fully saturated rings. The Morgan fingerprint density at radius 1 is 1.05 bits per heavy atom. The van der Waals surface area contributed by atoms with E-state index in [4.69, 9.17) is 0 Å². The lowest BCUT2D eigenvalue weighted by atomic mass is 9.76. The summed E-state index contributed by atoms with van der Waals surface area (Å²) in [6.07, 6.45) is 11.4. The SMILES string of the molecule is CCCC1CCC(NCC)C(CN2CCCC(C)CC2)C1. The molecule has 1 aliphatic heterocycles. The van der Waals surface area contributed by atoms with Crippen LogP contribution in [0.4, 0.5) is 0 Å². The van der Waals surface area contributed by atoms with Crippen LogP contribution in [0.3, 0.4) is 0 Å². The van der Waals surface area contributed by atoms with Crippen molar-refractivity contribution in [2.45, 2.75) is 78.2 Å². The molecule has 0 radical (unpaired) electrons. The maximum Gasteiger partial charge on any atom is 0.0108 e. The van der Waals surface area contributed by atoms with Gasteiger partial charge in [-0.15, -0.1) is 0 Å². The number of rotatable bonds is 6. The highest BCUT2D eigenvalue weighted by atomic mass is 15.1. The topological polar surface area (TPSA) is 15.3 Å². The Hall–Kier alpha value is -0.0800. The molecule has 1 N–H and O–H groups in total. The van der Waals surface area contributed by atoms with Gasteiger partial charge in [-0.05, 0) is 75.9 Å². The van der Waals surface area contributed by atoms with Crippen molar-refractivity contribution in [3.63, 3.8) is 0 Å². The molecule has 0 aromatic carbocycles. The molecular weight excluding hydrogens is 256 g/mol. The van der Waals surface area contributed by atoms with E-state index in [9.17, 15) is 0 Å². The van der Waals surface area contributed by atoms with Crippen LogP contribution < -0.4 is 5.32 Å². The van der Waals surface area contributed by atoms with Crippen molar-refractivity contribution in [1.29, 1.82) is 0 Å². The van der Waals surface area contributed by atoms with Crippen LogP contribution in [-0.4, -0.2) is 37.1 Å². The first-order valence-electron chi connectivity index (χ1n) is 9.68. The third-order valence-electron chi connectivity index (χ3n) is 5.86. The number of hydrogen-bond acceptors (Lipinski definition) is 2. The van der Waals surface area contributed by atoms with E-state index in [0.29, 0.717) is 0 Å². The quantitative estimate of drug-likeness (QED) is 0.785. The number of nitrogens with zero attached hydrogens (tertiary/aromatic N) is 1. The van der Waals surface area contributed by atoms with Crippen LogP contribution >= 0.6 is 0 Å². The van der Waals surface area contributed by atoms with Gasteiger partial charge in [0.2, 0.25) is 0 Å². The van der Waals surface area contributed by atoms with Crippen molar-refractivity contribution in [2.24, 2.45) is 17.8 Å². The zero-order valence-corrected chi connectivity index (χ0v) is 14.7. The van der Waals surface area contributed by atoms with E-state index in [1.165, 1.54) is 71.0 Å². The van der Waals surface area contributed by atoms with E-state index < -0.39 is 0 Å². The van der Waals surface area contributed by atoms with E-state index in [0.717, 1.165) is 30.3 Å². The van der Waals surface area contributed by atoms with Gasteiger partial charge in [-0.1, -0.05) is 33.6 Å². The monoisotopic (exact) mass is 294 g/mol. The van der Waals surface area contributed by atoms with E-state index in [-0.39, 0.29) is 0 Å². The van der Waals surface area contributed by atoms with Gasteiger partial charge in [0, 0.05) is 12.6 Å². The normalized spacial score (nSPS) is 35.6. The third-order valence-corrected chi connectivity index (χ3v) is 5.86. The molecule has 2 heteroatoms. The lowest BCUT2D eigenvalue weighted by molar-refractivity contribution is 0.138. The number of nitrogens with one attached hydrogen (secondary N) is 1. The molecule has 124 valence electrons. The first-order valence-corrected chi connectivity index (χ1v) is 9.68. The Bertz CT molecular complexity index is 279. The molecule has 2 rings (SSSR count). The number of likely N-dealkylation sites (tertiary alicyclic amines) is 1. The second-order valence-electron chi connectivity index (χ2n) is 7.73. The summed E-state index contributed by atoms with van der Waals surface area (Å²) in [6, 6.07) is 0.781. The lowest BCUT2D eigenvalue weighted by Crippen LogP contribution is -2.46. The van der Waals surface area contributed by atoms with E-state index in [2.05, 4.69) is 31.0 Å². The Kier molecular flexibility index (Phi) is 7.53. The molecule has 1 saturated heterocycles. The number of hydrogen-bond donors (Lipinski definition) is 1. The fraction of sp³-hybridized carbons (Fsp3) is 1.00. The molecule has 1 heterocycles. The minimum Gasteiger partial charge on any atom is -0.314 e. The van der Waals surface area contributed by atoms with Crippen LogP contribution in [0.1, 0.15) is 72.1 Å². The first kappa shape index (κ1) is 17.3. The van der Waals surface area contributed by atoms with Gasteiger partial charge in [-0.2, -0.15) is 0 Å². The largest absolute Gasteiger partial charge is 0.314 e. The van der Waals surface area contributed by atoms with Crippen LogP contribution in [0.25, 0.3) is 0 Å². The van der Waals surface area contributed by atoms with Crippen LogP contribution in [0.5, 0.6) is 0 Å². The summed E-state index contributed by atoms with van der Waals surface area (Å²) in [4.78, 5) is 2.78. The molecule has 0 aromatic rings. The Labute approximate surface area is 133 Å². The summed E-state index contributed by atoms with van der Waals surface area (Å²) in [5, 5.41) is 3.78. The second kappa shape index (κ2) is 9.15.